The average Bonchev–Trinajstić information content (AvgIpc) is 3.24. The van der Waals surface area contributed by atoms with Crippen molar-refractivity contribution in [3.05, 3.63) is 83.4 Å². The zero-order valence-corrected chi connectivity index (χ0v) is 19.1. The van der Waals surface area contributed by atoms with Crippen molar-refractivity contribution in [2.45, 2.75) is 13.8 Å². The van der Waals surface area contributed by atoms with Gasteiger partial charge in [0.2, 0.25) is 0 Å². The molecule has 1 aromatic heterocycles. The number of aromatic nitrogens is 1. The van der Waals surface area contributed by atoms with Crippen LogP contribution in [0.4, 0.5) is 5.13 Å². The summed E-state index contributed by atoms with van der Waals surface area (Å²) in [5, 5.41) is 1.04. The van der Waals surface area contributed by atoms with Crippen LogP contribution in [0.15, 0.2) is 66.7 Å². The number of ether oxygens (including phenoxy) is 1. The summed E-state index contributed by atoms with van der Waals surface area (Å²) in [5.41, 5.74) is 4.15. The molecule has 5 nitrogen and oxygen atoms in total. The van der Waals surface area contributed by atoms with Crippen LogP contribution in [0.25, 0.3) is 10.2 Å². The SMILES string of the molecule is Cc1cc(C)c2nc(N3CCN(C(=O)c4ccccc4Oc4ccccc4)CC3)sc2c1. The van der Waals surface area contributed by atoms with Crippen LogP contribution >= 0.6 is 11.3 Å². The number of hydrogen-bond acceptors (Lipinski definition) is 5. The number of carbonyl (C=O) groups is 1. The number of amides is 1. The number of fused-ring (bicyclic) bond motifs is 1. The molecule has 1 aliphatic rings. The van der Waals surface area contributed by atoms with Gasteiger partial charge in [-0.2, -0.15) is 0 Å². The summed E-state index contributed by atoms with van der Waals surface area (Å²) in [6, 6.07) is 21.4. The van der Waals surface area contributed by atoms with Crippen molar-refractivity contribution in [2.24, 2.45) is 0 Å². The van der Waals surface area contributed by atoms with E-state index < -0.39 is 0 Å². The Hall–Kier alpha value is -3.38. The first-order valence-electron chi connectivity index (χ1n) is 10.8. The number of carbonyl (C=O) groups excluding carboxylic acids is 1. The van der Waals surface area contributed by atoms with E-state index in [1.54, 1.807) is 11.3 Å². The summed E-state index contributed by atoms with van der Waals surface area (Å²) in [4.78, 5) is 22.4. The highest BCUT2D eigenvalue weighted by atomic mass is 32.1. The van der Waals surface area contributed by atoms with Gasteiger partial charge in [-0.25, -0.2) is 4.98 Å². The fourth-order valence-electron chi connectivity index (χ4n) is 4.11. The molecule has 0 unspecified atom stereocenters. The third-order valence-electron chi connectivity index (χ3n) is 5.74. The molecule has 1 fully saturated rings. The Balaban J connectivity index is 1.30. The van der Waals surface area contributed by atoms with Crippen LogP contribution in [0, 0.1) is 13.8 Å². The molecular weight excluding hydrogens is 418 g/mol. The van der Waals surface area contributed by atoms with E-state index in [1.165, 1.54) is 15.8 Å². The molecular formula is C26H25N3O2S. The topological polar surface area (TPSA) is 45.7 Å². The molecule has 2 heterocycles. The molecule has 0 bridgehead atoms. The summed E-state index contributed by atoms with van der Waals surface area (Å²) >= 11 is 1.73. The minimum Gasteiger partial charge on any atom is -0.457 e. The van der Waals surface area contributed by atoms with Crippen molar-refractivity contribution in [3.63, 3.8) is 0 Å². The van der Waals surface area contributed by atoms with E-state index in [9.17, 15) is 4.79 Å². The van der Waals surface area contributed by atoms with Gasteiger partial charge in [0.1, 0.15) is 11.5 Å². The van der Waals surface area contributed by atoms with E-state index in [0.717, 1.165) is 29.5 Å². The van der Waals surface area contributed by atoms with E-state index in [0.29, 0.717) is 24.4 Å². The third-order valence-corrected chi connectivity index (χ3v) is 6.81. The van der Waals surface area contributed by atoms with Crippen molar-refractivity contribution in [1.82, 2.24) is 9.88 Å². The molecule has 1 saturated heterocycles. The Kier molecular flexibility index (Phi) is 5.53. The van der Waals surface area contributed by atoms with E-state index >= 15 is 0 Å². The maximum atomic E-state index is 13.3. The first-order valence-corrected chi connectivity index (χ1v) is 11.6. The second-order valence-electron chi connectivity index (χ2n) is 8.12. The largest absolute Gasteiger partial charge is 0.457 e. The second kappa shape index (κ2) is 8.63. The molecule has 3 aromatic carbocycles. The van der Waals surface area contributed by atoms with Crippen molar-refractivity contribution in [3.8, 4) is 11.5 Å². The van der Waals surface area contributed by atoms with Gasteiger partial charge in [0.25, 0.3) is 5.91 Å². The first-order chi connectivity index (χ1) is 15.6. The van der Waals surface area contributed by atoms with Crippen molar-refractivity contribution >= 4 is 32.6 Å². The lowest BCUT2D eigenvalue weighted by atomic mass is 10.1. The lowest BCUT2D eigenvalue weighted by Gasteiger charge is -2.34. The standard InChI is InChI=1S/C26H25N3O2S/c1-18-16-19(2)24-23(17-18)32-26(27-24)29-14-12-28(13-15-29)25(30)21-10-6-7-11-22(21)31-20-8-4-3-5-9-20/h3-11,16-17H,12-15H2,1-2H3. The number of hydrogen-bond donors (Lipinski definition) is 0. The highest BCUT2D eigenvalue weighted by Gasteiger charge is 2.26. The van der Waals surface area contributed by atoms with E-state index in [-0.39, 0.29) is 5.91 Å². The number of nitrogens with zero attached hydrogens (tertiary/aromatic N) is 3. The lowest BCUT2D eigenvalue weighted by molar-refractivity contribution is 0.0744. The summed E-state index contributed by atoms with van der Waals surface area (Å²) in [6.07, 6.45) is 0. The van der Waals surface area contributed by atoms with E-state index in [1.807, 2.05) is 59.5 Å². The smallest absolute Gasteiger partial charge is 0.257 e. The van der Waals surface area contributed by atoms with Crippen molar-refractivity contribution < 1.29 is 9.53 Å². The van der Waals surface area contributed by atoms with Gasteiger partial charge < -0.3 is 14.5 Å². The number of benzene rings is 3. The van der Waals surface area contributed by atoms with Crippen LogP contribution in [0.5, 0.6) is 11.5 Å². The molecule has 6 heteroatoms. The molecule has 0 atom stereocenters. The molecule has 1 aliphatic heterocycles. The third kappa shape index (κ3) is 4.06. The number of aryl methyl sites for hydroxylation is 2. The molecule has 0 N–H and O–H groups in total. The van der Waals surface area contributed by atoms with Gasteiger partial charge in [0.15, 0.2) is 5.13 Å². The van der Waals surface area contributed by atoms with Gasteiger partial charge >= 0.3 is 0 Å². The first kappa shape index (κ1) is 20.5. The normalized spacial score (nSPS) is 14.1. The zero-order chi connectivity index (χ0) is 22.1. The second-order valence-corrected chi connectivity index (χ2v) is 9.12. The Morgan fingerprint density at radius 3 is 2.44 bits per heavy atom. The molecule has 1 amide bonds. The fourth-order valence-corrected chi connectivity index (χ4v) is 5.31. The number of rotatable bonds is 4. The van der Waals surface area contributed by atoms with Gasteiger partial charge in [0.05, 0.1) is 15.8 Å². The molecule has 0 radical (unpaired) electrons. The van der Waals surface area contributed by atoms with Crippen molar-refractivity contribution in [2.75, 3.05) is 31.1 Å². The minimum absolute atomic E-state index is 0.00644. The summed E-state index contributed by atoms with van der Waals surface area (Å²) in [6.45, 7) is 7.09. The van der Waals surface area contributed by atoms with Crippen LogP contribution in [0.2, 0.25) is 0 Å². The molecule has 162 valence electrons. The zero-order valence-electron chi connectivity index (χ0n) is 18.2. The highest BCUT2D eigenvalue weighted by molar-refractivity contribution is 7.22. The Morgan fingerprint density at radius 1 is 0.938 bits per heavy atom. The highest BCUT2D eigenvalue weighted by Crippen LogP contribution is 2.32. The quantitative estimate of drug-likeness (QED) is 0.408. The number of para-hydroxylation sites is 2. The fraction of sp³-hybridized carbons (Fsp3) is 0.231. The Bertz CT molecular complexity index is 1260. The van der Waals surface area contributed by atoms with Gasteiger partial charge in [-0.1, -0.05) is 47.7 Å². The van der Waals surface area contributed by atoms with Crippen LogP contribution in [0.3, 0.4) is 0 Å². The molecule has 0 aliphatic carbocycles. The molecule has 5 rings (SSSR count). The molecule has 0 saturated carbocycles. The molecule has 0 spiro atoms. The number of piperazine rings is 1. The summed E-state index contributed by atoms with van der Waals surface area (Å²) < 4.78 is 7.23. The van der Waals surface area contributed by atoms with Gasteiger partial charge in [-0.3, -0.25) is 4.79 Å². The predicted molar refractivity (Wildman–Crippen MR) is 130 cm³/mol. The molecule has 32 heavy (non-hydrogen) atoms. The van der Waals surface area contributed by atoms with Crippen LogP contribution in [-0.2, 0) is 0 Å². The number of thiazole rings is 1. The minimum atomic E-state index is 0.00644. The monoisotopic (exact) mass is 443 g/mol. The maximum Gasteiger partial charge on any atom is 0.257 e. The lowest BCUT2D eigenvalue weighted by Crippen LogP contribution is -2.48. The maximum absolute atomic E-state index is 13.3. The van der Waals surface area contributed by atoms with E-state index in [4.69, 9.17) is 9.72 Å². The number of anilines is 1. The van der Waals surface area contributed by atoms with Gasteiger partial charge in [-0.05, 0) is 55.3 Å². The van der Waals surface area contributed by atoms with Crippen LogP contribution < -0.4 is 9.64 Å². The Labute approximate surface area is 191 Å². The van der Waals surface area contributed by atoms with Gasteiger partial charge in [0, 0.05) is 26.2 Å². The summed E-state index contributed by atoms with van der Waals surface area (Å²) in [5.74, 6) is 1.31. The predicted octanol–water partition coefficient (Wildman–Crippen LogP) is 5.67. The van der Waals surface area contributed by atoms with Crippen LogP contribution in [-0.4, -0.2) is 42.0 Å². The average molecular weight is 444 g/mol. The summed E-state index contributed by atoms with van der Waals surface area (Å²) in [7, 11) is 0. The van der Waals surface area contributed by atoms with Crippen LogP contribution in [0.1, 0.15) is 21.5 Å². The van der Waals surface area contributed by atoms with Gasteiger partial charge in [-0.15, -0.1) is 0 Å². The van der Waals surface area contributed by atoms with E-state index in [2.05, 4.69) is 30.9 Å². The molecule has 4 aromatic rings. The Morgan fingerprint density at radius 2 is 1.66 bits per heavy atom. The van der Waals surface area contributed by atoms with Crippen molar-refractivity contribution in [1.29, 1.82) is 0 Å².